The van der Waals surface area contributed by atoms with E-state index in [1.54, 1.807) is 36.4 Å². The van der Waals surface area contributed by atoms with Gasteiger partial charge in [0.2, 0.25) is 5.13 Å². The zero-order valence-electron chi connectivity index (χ0n) is 12.1. The van der Waals surface area contributed by atoms with E-state index in [9.17, 15) is 9.18 Å². The van der Waals surface area contributed by atoms with Crippen LogP contribution in [0.4, 0.5) is 9.52 Å². The van der Waals surface area contributed by atoms with Gasteiger partial charge in [0.25, 0.3) is 5.91 Å². The van der Waals surface area contributed by atoms with E-state index in [1.807, 2.05) is 0 Å². The van der Waals surface area contributed by atoms with Gasteiger partial charge in [-0.05, 0) is 42.5 Å². The summed E-state index contributed by atoms with van der Waals surface area (Å²) in [6, 6.07) is 12.7. The molecule has 1 N–H and O–H groups in total. The molecular formula is C16H12FN3O2S. The molecule has 7 heteroatoms. The Balaban J connectivity index is 1.75. The summed E-state index contributed by atoms with van der Waals surface area (Å²) in [4.78, 5) is 16.4. The third-order valence-electron chi connectivity index (χ3n) is 3.08. The van der Waals surface area contributed by atoms with Crippen LogP contribution < -0.4 is 10.1 Å². The van der Waals surface area contributed by atoms with E-state index >= 15 is 0 Å². The number of carbonyl (C=O) groups is 1. The lowest BCUT2D eigenvalue weighted by molar-refractivity contribution is 0.102. The van der Waals surface area contributed by atoms with Gasteiger partial charge in [-0.25, -0.2) is 4.39 Å². The highest BCUT2D eigenvalue weighted by Gasteiger charge is 2.12. The van der Waals surface area contributed by atoms with Gasteiger partial charge in [0, 0.05) is 22.7 Å². The van der Waals surface area contributed by atoms with Gasteiger partial charge in [0.05, 0.1) is 7.11 Å². The minimum Gasteiger partial charge on any atom is -0.497 e. The number of amides is 1. The highest BCUT2D eigenvalue weighted by molar-refractivity contribution is 7.10. The number of methoxy groups -OCH3 is 1. The molecule has 0 unspecified atom stereocenters. The minimum absolute atomic E-state index is 0.300. The number of anilines is 1. The van der Waals surface area contributed by atoms with E-state index in [0.717, 1.165) is 11.5 Å². The van der Waals surface area contributed by atoms with Gasteiger partial charge in [-0.15, -0.1) is 0 Å². The molecule has 0 aliphatic carbocycles. The average Bonchev–Trinajstić information content (AvgIpc) is 3.04. The van der Waals surface area contributed by atoms with Crippen LogP contribution >= 0.6 is 11.5 Å². The summed E-state index contributed by atoms with van der Waals surface area (Å²) in [6.45, 7) is 0. The summed E-state index contributed by atoms with van der Waals surface area (Å²) in [7, 11) is 1.54. The van der Waals surface area contributed by atoms with Crippen molar-refractivity contribution >= 4 is 22.6 Å². The number of benzene rings is 2. The van der Waals surface area contributed by atoms with Crippen LogP contribution in [0.2, 0.25) is 0 Å². The van der Waals surface area contributed by atoms with Crippen molar-refractivity contribution in [2.24, 2.45) is 0 Å². The van der Waals surface area contributed by atoms with Crippen LogP contribution in [0.15, 0.2) is 48.5 Å². The van der Waals surface area contributed by atoms with Gasteiger partial charge in [-0.1, -0.05) is 6.07 Å². The zero-order chi connectivity index (χ0) is 16.2. The van der Waals surface area contributed by atoms with E-state index in [2.05, 4.69) is 14.7 Å². The predicted molar refractivity (Wildman–Crippen MR) is 86.3 cm³/mol. The fourth-order valence-electron chi connectivity index (χ4n) is 1.92. The summed E-state index contributed by atoms with van der Waals surface area (Å²) in [5.41, 5.74) is 1.15. The molecule has 5 nitrogen and oxygen atoms in total. The molecule has 0 saturated carbocycles. The van der Waals surface area contributed by atoms with Crippen molar-refractivity contribution in [3.8, 4) is 17.1 Å². The number of nitrogens with one attached hydrogen (secondary N) is 1. The summed E-state index contributed by atoms with van der Waals surface area (Å²) in [6.07, 6.45) is 0. The first-order chi connectivity index (χ1) is 11.2. The SMILES string of the molecule is COc1cccc(C(=O)Nc2nc(-c3ccc(F)cc3)ns2)c1. The quantitative estimate of drug-likeness (QED) is 0.794. The minimum atomic E-state index is -0.324. The second-order valence-corrected chi connectivity index (χ2v) is 5.37. The van der Waals surface area contributed by atoms with Crippen LogP contribution in [0.1, 0.15) is 10.4 Å². The monoisotopic (exact) mass is 329 g/mol. The Kier molecular flexibility index (Phi) is 4.29. The van der Waals surface area contributed by atoms with Crippen LogP contribution in [0.3, 0.4) is 0 Å². The summed E-state index contributed by atoms with van der Waals surface area (Å²) in [5, 5.41) is 3.06. The normalized spacial score (nSPS) is 10.3. The van der Waals surface area contributed by atoms with Gasteiger partial charge in [-0.3, -0.25) is 10.1 Å². The smallest absolute Gasteiger partial charge is 0.257 e. The molecule has 116 valence electrons. The van der Waals surface area contributed by atoms with Gasteiger partial charge in [0.1, 0.15) is 11.6 Å². The van der Waals surface area contributed by atoms with Crippen molar-refractivity contribution in [2.45, 2.75) is 0 Å². The second kappa shape index (κ2) is 6.53. The Morgan fingerprint density at radius 3 is 2.74 bits per heavy atom. The average molecular weight is 329 g/mol. The third kappa shape index (κ3) is 3.51. The molecule has 23 heavy (non-hydrogen) atoms. The lowest BCUT2D eigenvalue weighted by Crippen LogP contribution is -2.11. The van der Waals surface area contributed by atoms with Crippen LogP contribution in [-0.4, -0.2) is 22.4 Å². The number of rotatable bonds is 4. The Morgan fingerprint density at radius 2 is 2.00 bits per heavy atom. The van der Waals surface area contributed by atoms with Gasteiger partial charge in [-0.2, -0.15) is 9.36 Å². The van der Waals surface area contributed by atoms with E-state index < -0.39 is 0 Å². The first-order valence-corrected chi connectivity index (χ1v) is 7.48. The first-order valence-electron chi connectivity index (χ1n) is 6.71. The van der Waals surface area contributed by atoms with Gasteiger partial charge in [0.15, 0.2) is 5.82 Å². The van der Waals surface area contributed by atoms with E-state index in [0.29, 0.717) is 27.8 Å². The standard InChI is InChI=1S/C16H12FN3O2S/c1-22-13-4-2-3-11(9-13)15(21)19-16-18-14(20-23-16)10-5-7-12(17)8-6-10/h2-9H,1H3,(H,18,19,20,21). The number of nitrogens with zero attached hydrogens (tertiary/aromatic N) is 2. The molecule has 2 aromatic carbocycles. The summed E-state index contributed by atoms with van der Waals surface area (Å²) in [5.74, 6) is 0.416. The fraction of sp³-hybridized carbons (Fsp3) is 0.0625. The van der Waals surface area contributed by atoms with E-state index in [4.69, 9.17) is 4.74 Å². The van der Waals surface area contributed by atoms with Crippen molar-refractivity contribution in [1.29, 1.82) is 0 Å². The highest BCUT2D eigenvalue weighted by atomic mass is 32.1. The van der Waals surface area contributed by atoms with E-state index in [1.165, 1.54) is 19.2 Å². The fourth-order valence-corrected chi connectivity index (χ4v) is 2.51. The largest absolute Gasteiger partial charge is 0.497 e. The number of halogens is 1. The number of hydrogen-bond acceptors (Lipinski definition) is 5. The van der Waals surface area contributed by atoms with Crippen molar-refractivity contribution in [3.63, 3.8) is 0 Å². The number of carbonyl (C=O) groups excluding carboxylic acids is 1. The third-order valence-corrected chi connectivity index (χ3v) is 3.71. The molecule has 0 saturated heterocycles. The molecule has 1 amide bonds. The summed E-state index contributed by atoms with van der Waals surface area (Å²) < 4.78 is 22.2. The lowest BCUT2D eigenvalue weighted by Gasteiger charge is -2.03. The lowest BCUT2D eigenvalue weighted by atomic mass is 10.2. The Hall–Kier alpha value is -2.80. The molecule has 1 heterocycles. The van der Waals surface area contributed by atoms with Crippen molar-refractivity contribution in [3.05, 3.63) is 59.9 Å². The number of ether oxygens (including phenoxy) is 1. The summed E-state index contributed by atoms with van der Waals surface area (Å²) >= 11 is 1.06. The first kappa shape index (κ1) is 15.1. The molecule has 3 aromatic rings. The number of aromatic nitrogens is 2. The maximum absolute atomic E-state index is 12.9. The second-order valence-electron chi connectivity index (χ2n) is 4.62. The molecular weight excluding hydrogens is 317 g/mol. The molecule has 0 bridgehead atoms. The molecule has 0 aliphatic heterocycles. The predicted octanol–water partition coefficient (Wildman–Crippen LogP) is 3.61. The topological polar surface area (TPSA) is 64.1 Å². The van der Waals surface area contributed by atoms with Crippen LogP contribution in [0.5, 0.6) is 5.75 Å². The van der Waals surface area contributed by atoms with Crippen LogP contribution in [-0.2, 0) is 0 Å². The van der Waals surface area contributed by atoms with Crippen LogP contribution in [0.25, 0.3) is 11.4 Å². The molecule has 1 aromatic heterocycles. The van der Waals surface area contributed by atoms with Gasteiger partial charge < -0.3 is 4.74 Å². The Bertz CT molecular complexity index is 833. The molecule has 0 spiro atoms. The van der Waals surface area contributed by atoms with Gasteiger partial charge >= 0.3 is 0 Å². The molecule has 0 aliphatic rings. The van der Waals surface area contributed by atoms with Crippen molar-refractivity contribution < 1.29 is 13.9 Å². The van der Waals surface area contributed by atoms with Crippen LogP contribution in [0, 0.1) is 5.82 Å². The molecule has 0 atom stereocenters. The van der Waals surface area contributed by atoms with Crippen molar-refractivity contribution in [1.82, 2.24) is 9.36 Å². The maximum atomic E-state index is 12.9. The van der Waals surface area contributed by atoms with E-state index in [-0.39, 0.29) is 11.7 Å². The Morgan fingerprint density at radius 1 is 1.22 bits per heavy atom. The number of hydrogen-bond donors (Lipinski definition) is 1. The zero-order valence-corrected chi connectivity index (χ0v) is 12.9. The Labute approximate surface area is 135 Å². The molecule has 0 radical (unpaired) electrons. The molecule has 0 fully saturated rings. The van der Waals surface area contributed by atoms with Crippen molar-refractivity contribution in [2.75, 3.05) is 12.4 Å². The maximum Gasteiger partial charge on any atom is 0.257 e. The highest BCUT2D eigenvalue weighted by Crippen LogP contribution is 2.22. The molecule has 3 rings (SSSR count).